The third kappa shape index (κ3) is 4.43. The van der Waals surface area contributed by atoms with Gasteiger partial charge in [0.05, 0.1) is 29.3 Å². The minimum Gasteiger partial charge on any atom is -0.494 e. The van der Waals surface area contributed by atoms with Crippen molar-refractivity contribution in [1.82, 2.24) is 4.90 Å². The second-order valence-corrected chi connectivity index (χ2v) is 6.58. The van der Waals surface area contributed by atoms with Crippen LogP contribution in [0.3, 0.4) is 0 Å². The maximum Gasteiger partial charge on any atom is 0.274 e. The largest absolute Gasteiger partial charge is 0.494 e. The van der Waals surface area contributed by atoms with E-state index in [0.29, 0.717) is 24.4 Å². The number of rotatable bonds is 6. The maximum absolute atomic E-state index is 12.4. The normalized spacial score (nSPS) is 13.7. The van der Waals surface area contributed by atoms with E-state index in [2.05, 4.69) is 16.3 Å². The number of benzene rings is 2. The number of ether oxygens (including phenoxy) is 1. The minimum atomic E-state index is -0.442. The van der Waals surface area contributed by atoms with E-state index in [9.17, 15) is 14.9 Å². The van der Waals surface area contributed by atoms with Crippen molar-refractivity contribution in [2.45, 2.75) is 26.8 Å². The lowest BCUT2D eigenvalue weighted by molar-refractivity contribution is -0.385. The van der Waals surface area contributed by atoms with Gasteiger partial charge in [-0.2, -0.15) is 0 Å². The van der Waals surface area contributed by atoms with Gasteiger partial charge in [-0.15, -0.1) is 0 Å². The number of carbonyl (C=O) groups is 1. The Hall–Kier alpha value is -2.93. The summed E-state index contributed by atoms with van der Waals surface area (Å²) in [4.78, 5) is 25.1. The lowest BCUT2D eigenvalue weighted by Crippen LogP contribution is -2.37. The molecule has 1 N–H and O–H groups in total. The molecule has 3 rings (SSSR count). The van der Waals surface area contributed by atoms with E-state index in [1.54, 1.807) is 19.1 Å². The smallest absolute Gasteiger partial charge is 0.274 e. The summed E-state index contributed by atoms with van der Waals surface area (Å²) in [5.74, 6) is 0.665. The average molecular weight is 369 g/mol. The molecule has 0 radical (unpaired) electrons. The van der Waals surface area contributed by atoms with Gasteiger partial charge in [-0.05, 0) is 49.6 Å². The Bertz CT molecular complexity index is 866. The fourth-order valence-corrected chi connectivity index (χ4v) is 3.33. The molecule has 2 aromatic rings. The van der Waals surface area contributed by atoms with Crippen LogP contribution in [-0.4, -0.2) is 35.4 Å². The second-order valence-electron chi connectivity index (χ2n) is 6.58. The maximum atomic E-state index is 12.4. The van der Waals surface area contributed by atoms with Crippen molar-refractivity contribution < 1.29 is 14.5 Å². The molecule has 0 aliphatic carbocycles. The molecule has 27 heavy (non-hydrogen) atoms. The Morgan fingerprint density at radius 3 is 2.85 bits per heavy atom. The Labute approximate surface area is 158 Å². The van der Waals surface area contributed by atoms with Gasteiger partial charge in [0.2, 0.25) is 5.91 Å². The number of nitro groups is 1. The molecule has 1 heterocycles. The summed E-state index contributed by atoms with van der Waals surface area (Å²) >= 11 is 0. The minimum absolute atomic E-state index is 0.00292. The molecule has 142 valence electrons. The number of anilines is 1. The van der Waals surface area contributed by atoms with Gasteiger partial charge in [0, 0.05) is 19.2 Å². The first-order valence-electron chi connectivity index (χ1n) is 8.98. The zero-order chi connectivity index (χ0) is 19.4. The van der Waals surface area contributed by atoms with Crippen molar-refractivity contribution in [2.24, 2.45) is 0 Å². The van der Waals surface area contributed by atoms with Crippen LogP contribution in [0.1, 0.15) is 23.6 Å². The zero-order valence-electron chi connectivity index (χ0n) is 15.5. The van der Waals surface area contributed by atoms with E-state index in [4.69, 9.17) is 4.74 Å². The number of hydrogen-bond donors (Lipinski definition) is 1. The predicted octanol–water partition coefficient (Wildman–Crippen LogP) is 3.30. The summed E-state index contributed by atoms with van der Waals surface area (Å²) in [5, 5.41) is 13.8. The molecular weight excluding hydrogens is 346 g/mol. The van der Waals surface area contributed by atoms with Crippen LogP contribution >= 0.6 is 0 Å². The van der Waals surface area contributed by atoms with E-state index >= 15 is 0 Å². The van der Waals surface area contributed by atoms with Crippen molar-refractivity contribution in [3.8, 4) is 5.75 Å². The summed E-state index contributed by atoms with van der Waals surface area (Å²) in [5.41, 5.74) is 3.39. The van der Waals surface area contributed by atoms with Crippen LogP contribution in [0, 0.1) is 17.0 Å². The van der Waals surface area contributed by atoms with Crippen LogP contribution < -0.4 is 10.1 Å². The van der Waals surface area contributed by atoms with Crippen LogP contribution in [0.15, 0.2) is 36.4 Å². The summed E-state index contributed by atoms with van der Waals surface area (Å²) in [7, 11) is 0. The third-order valence-corrected chi connectivity index (χ3v) is 4.72. The predicted molar refractivity (Wildman–Crippen MR) is 103 cm³/mol. The highest BCUT2D eigenvalue weighted by Crippen LogP contribution is 2.26. The molecule has 1 aliphatic heterocycles. The molecule has 0 saturated heterocycles. The van der Waals surface area contributed by atoms with E-state index in [1.165, 1.54) is 17.2 Å². The summed E-state index contributed by atoms with van der Waals surface area (Å²) in [6, 6.07) is 10.8. The quantitative estimate of drug-likeness (QED) is 0.624. The number of nitro benzene ring substituents is 1. The molecule has 0 bridgehead atoms. The molecule has 0 aromatic heterocycles. The molecule has 1 aliphatic rings. The van der Waals surface area contributed by atoms with Crippen LogP contribution in [0.25, 0.3) is 0 Å². The highest BCUT2D eigenvalue weighted by Gasteiger charge is 2.20. The SMILES string of the molecule is CCOc1ccc2c(c1)CN(CC(=O)Nc1cccc([N+](=O)[O-])c1C)CC2. The molecule has 0 spiro atoms. The van der Waals surface area contributed by atoms with Gasteiger partial charge < -0.3 is 10.1 Å². The van der Waals surface area contributed by atoms with Crippen molar-refractivity contribution in [3.05, 3.63) is 63.2 Å². The fraction of sp³-hybridized carbons (Fsp3) is 0.350. The number of nitrogens with zero attached hydrogens (tertiary/aromatic N) is 2. The number of nitrogens with one attached hydrogen (secondary N) is 1. The van der Waals surface area contributed by atoms with E-state index < -0.39 is 4.92 Å². The lowest BCUT2D eigenvalue weighted by atomic mass is 9.99. The second kappa shape index (κ2) is 8.18. The van der Waals surface area contributed by atoms with E-state index in [0.717, 1.165) is 18.7 Å². The Morgan fingerprint density at radius 2 is 2.11 bits per heavy atom. The third-order valence-electron chi connectivity index (χ3n) is 4.72. The summed E-state index contributed by atoms with van der Waals surface area (Å²) in [6.07, 6.45) is 0.880. The molecule has 0 fully saturated rings. The van der Waals surface area contributed by atoms with Crippen LogP contribution in [0.5, 0.6) is 5.75 Å². The van der Waals surface area contributed by atoms with Crippen molar-refractivity contribution in [2.75, 3.05) is 25.0 Å². The van der Waals surface area contributed by atoms with Gasteiger partial charge in [-0.3, -0.25) is 19.8 Å². The van der Waals surface area contributed by atoms with E-state index in [1.807, 2.05) is 19.1 Å². The summed E-state index contributed by atoms with van der Waals surface area (Å²) < 4.78 is 5.56. The van der Waals surface area contributed by atoms with Crippen molar-refractivity contribution in [1.29, 1.82) is 0 Å². The van der Waals surface area contributed by atoms with Crippen LogP contribution in [0.4, 0.5) is 11.4 Å². The highest BCUT2D eigenvalue weighted by atomic mass is 16.6. The molecule has 0 saturated carbocycles. The molecule has 0 unspecified atom stereocenters. The number of amides is 1. The first-order valence-corrected chi connectivity index (χ1v) is 8.98. The first-order chi connectivity index (χ1) is 13.0. The Kier molecular flexibility index (Phi) is 5.71. The lowest BCUT2D eigenvalue weighted by Gasteiger charge is -2.28. The first kappa shape index (κ1) is 18.8. The molecule has 2 aromatic carbocycles. The molecule has 1 amide bonds. The summed E-state index contributed by atoms with van der Waals surface area (Å²) in [6.45, 7) is 5.92. The zero-order valence-corrected chi connectivity index (χ0v) is 15.5. The van der Waals surface area contributed by atoms with Gasteiger partial charge in [0.15, 0.2) is 0 Å². The Balaban J connectivity index is 1.65. The number of carbonyl (C=O) groups excluding carboxylic acids is 1. The van der Waals surface area contributed by atoms with Gasteiger partial charge in [-0.1, -0.05) is 12.1 Å². The number of hydrogen-bond acceptors (Lipinski definition) is 5. The fourth-order valence-electron chi connectivity index (χ4n) is 3.33. The van der Waals surface area contributed by atoms with Gasteiger partial charge in [-0.25, -0.2) is 0 Å². The molecule has 7 heteroatoms. The molecule has 7 nitrogen and oxygen atoms in total. The van der Waals surface area contributed by atoms with Gasteiger partial charge in [0.1, 0.15) is 5.75 Å². The monoisotopic (exact) mass is 369 g/mol. The van der Waals surface area contributed by atoms with Crippen molar-refractivity contribution >= 4 is 17.3 Å². The van der Waals surface area contributed by atoms with Gasteiger partial charge >= 0.3 is 0 Å². The standard InChI is InChI=1S/C20H23N3O4/c1-3-27-17-8-7-15-9-10-22(12-16(15)11-17)13-20(24)21-18-5-4-6-19(14(18)2)23(25)26/h4-8,11H,3,9-10,12-13H2,1-2H3,(H,21,24). The van der Waals surface area contributed by atoms with Crippen molar-refractivity contribution in [3.63, 3.8) is 0 Å². The topological polar surface area (TPSA) is 84.7 Å². The van der Waals surface area contributed by atoms with Gasteiger partial charge in [0.25, 0.3) is 5.69 Å². The average Bonchev–Trinajstić information content (AvgIpc) is 2.63. The Morgan fingerprint density at radius 1 is 1.30 bits per heavy atom. The van der Waals surface area contributed by atoms with Crippen LogP contribution in [-0.2, 0) is 17.8 Å². The van der Waals surface area contributed by atoms with E-state index in [-0.39, 0.29) is 18.1 Å². The highest BCUT2D eigenvalue weighted by molar-refractivity contribution is 5.93. The molecule has 0 atom stereocenters. The number of fused-ring (bicyclic) bond motifs is 1. The van der Waals surface area contributed by atoms with Crippen LogP contribution in [0.2, 0.25) is 0 Å². The molecular formula is C20H23N3O4.